The van der Waals surface area contributed by atoms with Crippen molar-refractivity contribution >= 4 is 11.5 Å². The van der Waals surface area contributed by atoms with E-state index >= 15 is 0 Å². The summed E-state index contributed by atoms with van der Waals surface area (Å²) in [7, 11) is 0. The first-order valence-electron chi connectivity index (χ1n) is 6.45. The maximum atomic E-state index is 8.90. The number of nitrogens with one attached hydrogen (secondary N) is 1. The highest BCUT2D eigenvalue weighted by atomic mass is 16.5. The van der Waals surface area contributed by atoms with Gasteiger partial charge in [0.1, 0.15) is 0 Å². The Morgan fingerprint density at radius 2 is 2.05 bits per heavy atom. The van der Waals surface area contributed by atoms with E-state index in [2.05, 4.69) is 15.3 Å². The van der Waals surface area contributed by atoms with Crippen molar-refractivity contribution in [2.45, 2.75) is 6.92 Å². The molecule has 20 heavy (non-hydrogen) atoms. The zero-order chi connectivity index (χ0) is 14.4. The molecule has 2 aromatic rings. The molecule has 0 unspecified atom stereocenters. The molecule has 0 radical (unpaired) electrons. The number of nitrogen functional groups attached to an aromatic ring is 1. The van der Waals surface area contributed by atoms with Gasteiger partial charge in [0.25, 0.3) is 0 Å². The third-order valence-corrected chi connectivity index (χ3v) is 2.63. The lowest BCUT2D eigenvalue weighted by molar-refractivity contribution is 0.310. The number of aromatic nitrogens is 2. The summed E-state index contributed by atoms with van der Waals surface area (Å²) in [5.74, 6) is 1.72. The van der Waals surface area contributed by atoms with E-state index in [-0.39, 0.29) is 6.61 Å². The molecule has 0 saturated heterocycles. The number of nitrogens with two attached hydrogens (primary N) is 1. The highest BCUT2D eigenvalue weighted by molar-refractivity contribution is 5.62. The van der Waals surface area contributed by atoms with Gasteiger partial charge in [-0.1, -0.05) is 0 Å². The first-order valence-corrected chi connectivity index (χ1v) is 6.45. The van der Waals surface area contributed by atoms with E-state index in [4.69, 9.17) is 15.6 Å². The van der Waals surface area contributed by atoms with Crippen LogP contribution in [0.25, 0.3) is 11.4 Å². The summed E-state index contributed by atoms with van der Waals surface area (Å²) in [6, 6.07) is 7.33. The summed E-state index contributed by atoms with van der Waals surface area (Å²) < 4.78 is 5.45. The average molecular weight is 274 g/mol. The second-order valence-corrected chi connectivity index (χ2v) is 4.11. The number of aliphatic hydroxyl groups is 1. The number of rotatable bonds is 6. The van der Waals surface area contributed by atoms with Crippen LogP contribution in [0.4, 0.5) is 11.5 Å². The first-order chi connectivity index (χ1) is 9.74. The fourth-order valence-corrected chi connectivity index (χ4v) is 1.70. The smallest absolute Gasteiger partial charge is 0.179 e. The van der Waals surface area contributed by atoms with E-state index < -0.39 is 0 Å². The Morgan fingerprint density at radius 3 is 2.70 bits per heavy atom. The normalized spacial score (nSPS) is 10.3. The monoisotopic (exact) mass is 274 g/mol. The zero-order valence-electron chi connectivity index (χ0n) is 11.3. The Morgan fingerprint density at radius 1 is 1.30 bits per heavy atom. The predicted octanol–water partition coefficient (Wildman–Crippen LogP) is 1.53. The van der Waals surface area contributed by atoms with Crippen molar-refractivity contribution in [1.29, 1.82) is 0 Å². The van der Waals surface area contributed by atoms with Crippen LogP contribution in [0.2, 0.25) is 0 Å². The second-order valence-electron chi connectivity index (χ2n) is 4.11. The number of hydrogen-bond donors (Lipinski definition) is 3. The van der Waals surface area contributed by atoms with E-state index in [0.29, 0.717) is 36.2 Å². The van der Waals surface area contributed by atoms with Gasteiger partial charge in [-0.25, -0.2) is 9.97 Å². The molecule has 0 fully saturated rings. The summed E-state index contributed by atoms with van der Waals surface area (Å²) in [5, 5.41) is 11.9. The van der Waals surface area contributed by atoms with Crippen molar-refractivity contribution in [3.8, 4) is 17.1 Å². The molecule has 0 aliphatic heterocycles. The van der Waals surface area contributed by atoms with Crippen LogP contribution in [0.3, 0.4) is 0 Å². The van der Waals surface area contributed by atoms with E-state index in [1.807, 2.05) is 19.1 Å². The van der Waals surface area contributed by atoms with Crippen molar-refractivity contribution in [1.82, 2.24) is 9.97 Å². The van der Waals surface area contributed by atoms with Gasteiger partial charge in [0.2, 0.25) is 0 Å². The van der Waals surface area contributed by atoms with Crippen molar-refractivity contribution in [3.63, 3.8) is 0 Å². The number of aliphatic hydroxyl groups excluding tert-OH is 1. The number of nitrogens with zero attached hydrogens (tertiary/aromatic N) is 2. The van der Waals surface area contributed by atoms with Crippen LogP contribution in [0, 0.1) is 0 Å². The second kappa shape index (κ2) is 6.72. The molecule has 106 valence electrons. The molecule has 0 saturated carbocycles. The van der Waals surface area contributed by atoms with Gasteiger partial charge in [-0.3, -0.25) is 0 Å². The molecule has 0 bridgehead atoms. The molecule has 2 rings (SSSR count). The van der Waals surface area contributed by atoms with Gasteiger partial charge in [-0.2, -0.15) is 0 Å². The minimum atomic E-state index is 0.0206. The maximum Gasteiger partial charge on any atom is 0.179 e. The van der Waals surface area contributed by atoms with Crippen LogP contribution < -0.4 is 15.8 Å². The lowest BCUT2D eigenvalue weighted by Crippen LogP contribution is -2.10. The number of ether oxygens (including phenoxy) is 1. The summed E-state index contributed by atoms with van der Waals surface area (Å²) in [4.78, 5) is 8.72. The molecule has 0 aliphatic rings. The third kappa shape index (κ3) is 3.36. The highest BCUT2D eigenvalue weighted by Gasteiger charge is 2.09. The van der Waals surface area contributed by atoms with Gasteiger partial charge in [0.15, 0.2) is 17.4 Å². The summed E-state index contributed by atoms with van der Waals surface area (Å²) in [5.41, 5.74) is 7.23. The topological polar surface area (TPSA) is 93.3 Å². The van der Waals surface area contributed by atoms with Gasteiger partial charge in [-0.15, -0.1) is 0 Å². The Hall–Kier alpha value is -2.34. The number of hydrogen-bond acceptors (Lipinski definition) is 6. The zero-order valence-corrected chi connectivity index (χ0v) is 11.3. The Balaban J connectivity index is 2.32. The van der Waals surface area contributed by atoms with Gasteiger partial charge in [0.05, 0.1) is 19.4 Å². The largest absolute Gasteiger partial charge is 0.488 e. The fraction of sp³-hybridized carbons (Fsp3) is 0.286. The molecular formula is C14H18N4O2. The fourth-order valence-electron chi connectivity index (χ4n) is 1.70. The molecule has 6 heteroatoms. The van der Waals surface area contributed by atoms with Crippen molar-refractivity contribution < 1.29 is 9.84 Å². The minimum Gasteiger partial charge on any atom is -0.488 e. The molecule has 6 nitrogen and oxygen atoms in total. The van der Waals surface area contributed by atoms with E-state index in [9.17, 15) is 0 Å². The predicted molar refractivity (Wildman–Crippen MR) is 78.6 cm³/mol. The molecule has 0 amide bonds. The van der Waals surface area contributed by atoms with Crippen LogP contribution in [0.15, 0.2) is 30.5 Å². The third-order valence-electron chi connectivity index (χ3n) is 2.63. The number of benzene rings is 1. The average Bonchev–Trinajstić information content (AvgIpc) is 2.47. The Bertz CT molecular complexity index is 558. The van der Waals surface area contributed by atoms with E-state index in [1.54, 1.807) is 18.3 Å². The SMILES string of the molecule is CCOc1cnc(-c2ccc(N)cc2)nc1NCCO. The van der Waals surface area contributed by atoms with Gasteiger partial charge in [-0.05, 0) is 31.2 Å². The summed E-state index contributed by atoms with van der Waals surface area (Å²) in [6.07, 6.45) is 1.63. The molecule has 1 heterocycles. The van der Waals surface area contributed by atoms with E-state index in [1.165, 1.54) is 0 Å². The summed E-state index contributed by atoms with van der Waals surface area (Å²) in [6.45, 7) is 2.84. The van der Waals surface area contributed by atoms with Gasteiger partial charge < -0.3 is 20.9 Å². The first kappa shape index (κ1) is 14.1. The van der Waals surface area contributed by atoms with Gasteiger partial charge >= 0.3 is 0 Å². The van der Waals surface area contributed by atoms with Crippen LogP contribution in [-0.2, 0) is 0 Å². The van der Waals surface area contributed by atoms with E-state index in [0.717, 1.165) is 5.56 Å². The highest BCUT2D eigenvalue weighted by Crippen LogP contribution is 2.25. The molecule has 0 aliphatic carbocycles. The van der Waals surface area contributed by atoms with Crippen LogP contribution in [0.1, 0.15) is 6.92 Å². The summed E-state index contributed by atoms with van der Waals surface area (Å²) >= 11 is 0. The minimum absolute atomic E-state index is 0.0206. The molecular weight excluding hydrogens is 256 g/mol. The lowest BCUT2D eigenvalue weighted by atomic mass is 10.2. The van der Waals surface area contributed by atoms with Crippen molar-refractivity contribution in [3.05, 3.63) is 30.5 Å². The molecule has 0 spiro atoms. The van der Waals surface area contributed by atoms with Crippen LogP contribution in [-0.4, -0.2) is 34.8 Å². The Kier molecular flexibility index (Phi) is 4.73. The standard InChI is InChI=1S/C14H18N4O2/c1-2-20-12-9-17-13(18-14(12)16-7-8-19)10-3-5-11(15)6-4-10/h3-6,9,19H,2,7-8,15H2,1H3,(H,16,17,18). The van der Waals surface area contributed by atoms with Crippen molar-refractivity contribution in [2.75, 3.05) is 30.8 Å². The molecule has 1 aromatic heterocycles. The van der Waals surface area contributed by atoms with Crippen LogP contribution in [0.5, 0.6) is 5.75 Å². The maximum absolute atomic E-state index is 8.90. The molecule has 0 atom stereocenters. The van der Waals surface area contributed by atoms with Crippen molar-refractivity contribution in [2.24, 2.45) is 0 Å². The lowest BCUT2D eigenvalue weighted by Gasteiger charge is -2.11. The van der Waals surface area contributed by atoms with Gasteiger partial charge in [0, 0.05) is 17.8 Å². The number of anilines is 2. The molecule has 1 aromatic carbocycles. The Labute approximate surface area is 117 Å². The quantitative estimate of drug-likeness (QED) is 0.692. The molecule has 4 N–H and O–H groups in total. The van der Waals surface area contributed by atoms with Crippen LogP contribution >= 0.6 is 0 Å².